The summed E-state index contributed by atoms with van der Waals surface area (Å²) in [7, 11) is -2.88. The molecule has 22 atom stereocenters. The van der Waals surface area contributed by atoms with E-state index in [4.69, 9.17) is 155 Å². The molecule has 0 radical (unpaired) electrons. The number of hydrogen-bond donors (Lipinski definition) is 2. The summed E-state index contributed by atoms with van der Waals surface area (Å²) in [5.74, 6) is -4.38. The first-order chi connectivity index (χ1) is 62.1. The molecule has 0 aromatic heterocycles. The number of alkyl halides is 6. The summed E-state index contributed by atoms with van der Waals surface area (Å²) in [4.78, 5) is 62.8. The van der Waals surface area contributed by atoms with Gasteiger partial charge in [0.2, 0.25) is 0 Å². The predicted octanol–water partition coefficient (Wildman–Crippen LogP) is 17.4. The standard InChI is InChI=1S/C97H102Cl6N2O22SSi/c1-59-47-49-68(50-48-59)128-92-73(105-94(109)97(101,102)103)78(75-71(119-92)58-116-88(122-75)67-45-29-14-30-46-67)124-91-84(120-85(106)65-41-25-12-26-42-65)80(112-53-62-35-19-9-20-36-62)81(82(126-91)86(107)114-55-64-39-23-11-24-40-64)125-89-72(104-93(108)96(98,99)100)77(74-70(117-89)57-115-87(121-74)66-43-27-13-28-44-66)123-90-83(113-54-63-37-21-10-22-38-63)79(111-52-61-33-17-8-18-34-61)76(127-129(5,6)95(2,3)4)69(118-90)56-110-51-60-31-15-7-16-32-60/h7-50,69-84,87-92H,51-58H2,1-6H3,(H,104,108)(H,105,109)/t69-,70-,71-,72-,73?,74-,75-,76-,77-,78?,79+,80+,81+,82+,83-,84-,87?,88?,89+,90+,91-,92?/m1/s1. The van der Waals surface area contributed by atoms with E-state index in [9.17, 15) is 4.79 Å². The maximum Gasteiger partial charge on any atom is 0.338 e. The molecule has 6 saturated heterocycles. The highest BCUT2D eigenvalue weighted by molar-refractivity contribution is 7.99. The fourth-order valence-electron chi connectivity index (χ4n) is 15.7. The zero-order valence-corrected chi connectivity index (χ0v) is 77.8. The summed E-state index contributed by atoms with van der Waals surface area (Å²) in [5.41, 5.74) is 4.62. The summed E-state index contributed by atoms with van der Waals surface area (Å²) >= 11 is 41.1. The second-order valence-corrected chi connectivity index (χ2v) is 44.1. The largest absolute Gasteiger partial charge is 0.459 e. The zero-order chi connectivity index (χ0) is 90.4. The minimum atomic E-state index is -2.88. The molecule has 5 unspecified atom stereocenters. The summed E-state index contributed by atoms with van der Waals surface area (Å²) in [6.07, 6.45) is -28.0. The van der Waals surface area contributed by atoms with E-state index in [2.05, 4.69) is 44.5 Å². The van der Waals surface area contributed by atoms with Gasteiger partial charge in [0.05, 0.1) is 57.9 Å². The van der Waals surface area contributed by atoms with Gasteiger partial charge >= 0.3 is 11.9 Å². The summed E-state index contributed by atoms with van der Waals surface area (Å²) in [6.45, 7) is 11.7. The number of carbonyl (C=O) groups is 4. The average molecular weight is 1920 g/mol. The summed E-state index contributed by atoms with van der Waals surface area (Å²) in [5, 5.41) is 5.51. The molecule has 0 saturated carbocycles. The Morgan fingerprint density at radius 3 is 1.32 bits per heavy atom. The van der Waals surface area contributed by atoms with Crippen LogP contribution in [0.15, 0.2) is 272 Å². The van der Waals surface area contributed by atoms with Gasteiger partial charge in [-0.1, -0.05) is 350 Å². The van der Waals surface area contributed by atoms with Gasteiger partial charge in [-0.3, -0.25) is 9.59 Å². The Balaban J connectivity index is 0.902. The second-order valence-electron chi connectivity index (χ2n) is 33.6. The molecular formula is C97H102Cl6N2O22SSi. The van der Waals surface area contributed by atoms with Crippen molar-refractivity contribution in [1.82, 2.24) is 10.6 Å². The monoisotopic (exact) mass is 1920 g/mol. The Labute approximate surface area is 785 Å². The minimum absolute atomic E-state index is 0.0293. The smallest absolute Gasteiger partial charge is 0.338 e. The molecule has 0 bridgehead atoms. The highest BCUT2D eigenvalue weighted by Crippen LogP contribution is 2.48. The lowest BCUT2D eigenvalue weighted by Crippen LogP contribution is -2.72. The SMILES string of the molecule is Cc1ccc(SC2O[C@@H]3COC(c4ccccc4)O[C@H]3C(O[C@@H]3O[C@H](C(=O)OCc4ccccc4)[C@@H](O[C@@H]4O[C@@H]5COC(c6ccccc6)O[C@H]5[C@H](O[C@@H]5O[C@H](COCc6ccccc6)[C@@H](O[Si](C)(C)C(C)(C)C)[C@H](OCc6ccccc6)[C@H]5OCc5ccccc5)[C@H]4NC(=O)C(Cl)(Cl)Cl)[C@H](OCc4ccccc4)[C@H]3OC(=O)c3ccccc3)C2NC(=O)C(Cl)(Cl)Cl)cc1. The van der Waals surface area contributed by atoms with Crippen LogP contribution >= 0.6 is 81.4 Å². The number of aryl methyl sites for hydroxylation is 1. The van der Waals surface area contributed by atoms with Crippen molar-refractivity contribution in [1.29, 1.82) is 0 Å². The molecule has 6 aliphatic rings. The molecule has 32 heteroatoms. The highest BCUT2D eigenvalue weighted by atomic mass is 35.6. The topological polar surface area (TPSA) is 258 Å². The Bertz CT molecular complexity index is 5060. The predicted molar refractivity (Wildman–Crippen MR) is 486 cm³/mol. The Morgan fingerprint density at radius 2 is 0.837 bits per heavy atom. The molecule has 2 N–H and O–H groups in total. The first-order valence-electron chi connectivity index (χ1n) is 42.6. The molecule has 6 heterocycles. The van der Waals surface area contributed by atoms with Crippen LogP contribution in [-0.4, -0.2) is 181 Å². The van der Waals surface area contributed by atoms with E-state index in [1.807, 2.05) is 189 Å². The number of ether oxygens (including phenoxy) is 17. The normalized spacial score (nSPS) is 28.4. The number of fused-ring (bicyclic) bond motifs is 2. The number of nitrogens with one attached hydrogen (secondary N) is 2. The van der Waals surface area contributed by atoms with Gasteiger partial charge in [0.1, 0.15) is 91.3 Å². The van der Waals surface area contributed by atoms with E-state index in [1.54, 1.807) is 72.8 Å². The minimum Gasteiger partial charge on any atom is -0.459 e. The van der Waals surface area contributed by atoms with Gasteiger partial charge in [-0.15, -0.1) is 0 Å². The number of rotatable bonds is 32. The van der Waals surface area contributed by atoms with Crippen molar-refractivity contribution in [2.45, 2.75) is 226 Å². The number of benzene rings is 9. The van der Waals surface area contributed by atoms with Crippen molar-refractivity contribution < 1.29 is 104 Å². The average Bonchev–Trinajstić information content (AvgIpc) is 0.754. The van der Waals surface area contributed by atoms with E-state index in [-0.39, 0.29) is 63.5 Å². The molecular weight excluding hydrogens is 1820 g/mol. The zero-order valence-electron chi connectivity index (χ0n) is 71.4. The Kier molecular flexibility index (Phi) is 32.9. The number of amides is 2. The third-order valence-corrected chi connectivity index (χ3v) is 30.0. The van der Waals surface area contributed by atoms with Gasteiger partial charge in [0, 0.05) is 16.0 Å². The summed E-state index contributed by atoms with van der Waals surface area (Å²) in [6, 6.07) is 77.3. The number of carbonyl (C=O) groups excluding carboxylic acids is 4. The lowest BCUT2D eigenvalue weighted by molar-refractivity contribution is -0.397. The molecule has 24 nitrogen and oxygen atoms in total. The van der Waals surface area contributed by atoms with Crippen LogP contribution in [0.3, 0.4) is 0 Å². The fourth-order valence-corrected chi connectivity index (χ4v) is 18.5. The van der Waals surface area contributed by atoms with E-state index in [0.29, 0.717) is 27.1 Å². The molecule has 15 rings (SSSR count). The van der Waals surface area contributed by atoms with Crippen LogP contribution in [0.1, 0.15) is 88.2 Å². The Morgan fingerprint density at radius 1 is 0.426 bits per heavy atom. The fraction of sp³-hybridized carbons (Fsp3) is 0.402. The first-order valence-corrected chi connectivity index (χ1v) is 48.6. The molecule has 9 aromatic rings. The number of halogens is 6. The van der Waals surface area contributed by atoms with Gasteiger partial charge < -0.3 is 95.6 Å². The van der Waals surface area contributed by atoms with Crippen LogP contribution < -0.4 is 10.6 Å². The Hall–Kier alpha value is -7.47. The molecule has 6 aliphatic heterocycles. The molecule has 0 aliphatic carbocycles. The third kappa shape index (κ3) is 24.9. The quantitative estimate of drug-likeness (QED) is 0.0226. The van der Waals surface area contributed by atoms with Crippen molar-refractivity contribution in [3.05, 3.63) is 317 Å². The number of thioether (sulfide) groups is 1. The highest BCUT2D eigenvalue weighted by Gasteiger charge is 2.63. The van der Waals surface area contributed by atoms with Gasteiger partial charge in [-0.05, 0) is 77.1 Å². The molecule has 9 aromatic carbocycles. The third-order valence-electron chi connectivity index (χ3n) is 23.4. The van der Waals surface area contributed by atoms with Crippen LogP contribution in [0, 0.1) is 6.92 Å². The van der Waals surface area contributed by atoms with Crippen molar-refractivity contribution in [2.75, 3.05) is 19.8 Å². The van der Waals surface area contributed by atoms with Gasteiger partial charge in [0.25, 0.3) is 19.4 Å². The van der Waals surface area contributed by atoms with Crippen molar-refractivity contribution in [2.24, 2.45) is 0 Å². The molecule has 0 spiro atoms. The lowest BCUT2D eigenvalue weighted by Gasteiger charge is -2.54. The van der Waals surface area contributed by atoms with Crippen LogP contribution in [0.2, 0.25) is 18.1 Å². The maximum atomic E-state index is 16.4. The van der Waals surface area contributed by atoms with Crippen molar-refractivity contribution >= 4 is 113 Å². The van der Waals surface area contributed by atoms with E-state index in [0.717, 1.165) is 22.3 Å². The van der Waals surface area contributed by atoms with Crippen molar-refractivity contribution in [3.63, 3.8) is 0 Å². The molecule has 6 fully saturated rings. The maximum absolute atomic E-state index is 16.4. The molecule has 2 amide bonds. The second kappa shape index (κ2) is 44.1. The van der Waals surface area contributed by atoms with E-state index >= 15 is 14.4 Å². The van der Waals surface area contributed by atoms with Gasteiger partial charge in [-0.25, -0.2) is 9.59 Å². The number of esters is 2. The van der Waals surface area contributed by atoms with Crippen LogP contribution in [0.4, 0.5) is 0 Å². The number of hydrogen-bond acceptors (Lipinski definition) is 23. The lowest BCUT2D eigenvalue weighted by atomic mass is 9.93. The van der Waals surface area contributed by atoms with E-state index in [1.165, 1.54) is 23.9 Å². The van der Waals surface area contributed by atoms with Crippen LogP contribution in [0.25, 0.3) is 0 Å². The van der Waals surface area contributed by atoms with E-state index < -0.39 is 174 Å². The van der Waals surface area contributed by atoms with Gasteiger partial charge in [0.15, 0.2) is 52.0 Å². The van der Waals surface area contributed by atoms with Crippen molar-refractivity contribution in [3.8, 4) is 0 Å². The van der Waals surface area contributed by atoms with Crippen LogP contribution in [0.5, 0.6) is 0 Å². The molecule has 684 valence electrons. The van der Waals surface area contributed by atoms with Crippen LogP contribution in [-0.2, 0) is 132 Å². The molecule has 129 heavy (non-hydrogen) atoms. The summed E-state index contributed by atoms with van der Waals surface area (Å²) < 4.78 is 124. The van der Waals surface area contributed by atoms with Gasteiger partial charge in [-0.2, -0.15) is 0 Å². The first kappa shape index (κ1) is 96.1.